The van der Waals surface area contributed by atoms with Gasteiger partial charge in [0, 0.05) is 26.1 Å². The quantitative estimate of drug-likeness (QED) is 0.852. The van der Waals surface area contributed by atoms with Crippen LogP contribution < -0.4 is 5.32 Å². The number of hydrogen-bond donors (Lipinski definition) is 1. The molecule has 0 aliphatic carbocycles. The van der Waals surface area contributed by atoms with Gasteiger partial charge in [-0.05, 0) is 25.3 Å². The van der Waals surface area contributed by atoms with Crippen LogP contribution >= 0.6 is 12.4 Å². The lowest BCUT2D eigenvalue weighted by molar-refractivity contribution is 0.0778. The summed E-state index contributed by atoms with van der Waals surface area (Å²) in [6.45, 7) is 4.48. The zero-order chi connectivity index (χ0) is 12.5. The second-order valence-corrected chi connectivity index (χ2v) is 5.28. The first kappa shape index (κ1) is 14.3. The van der Waals surface area contributed by atoms with E-state index in [4.69, 9.17) is 4.42 Å². The Labute approximate surface area is 119 Å². The van der Waals surface area contributed by atoms with Crippen LogP contribution in [0, 0.1) is 12.8 Å². The van der Waals surface area contributed by atoms with Gasteiger partial charge in [-0.3, -0.25) is 4.79 Å². The molecule has 1 N–H and O–H groups in total. The van der Waals surface area contributed by atoms with Crippen LogP contribution in [0.2, 0.25) is 0 Å². The van der Waals surface area contributed by atoms with Crippen molar-refractivity contribution in [3.8, 4) is 0 Å². The number of carbonyl (C=O) groups is 1. The minimum absolute atomic E-state index is 0. The van der Waals surface area contributed by atoms with Crippen molar-refractivity contribution in [2.45, 2.75) is 32.2 Å². The Balaban J connectivity index is 0.00000133. The molecule has 2 saturated heterocycles. The zero-order valence-electron chi connectivity index (χ0n) is 11.1. The predicted molar refractivity (Wildman–Crippen MR) is 73.5 cm³/mol. The summed E-state index contributed by atoms with van der Waals surface area (Å²) >= 11 is 0. The van der Waals surface area contributed by atoms with Crippen LogP contribution in [0.25, 0.3) is 0 Å². The summed E-state index contributed by atoms with van der Waals surface area (Å²) in [6, 6.07) is 0.462. The van der Waals surface area contributed by atoms with Crippen LogP contribution in [0.5, 0.6) is 0 Å². The normalized spacial score (nSPS) is 26.5. The first-order valence-electron chi connectivity index (χ1n) is 6.69. The Morgan fingerprint density at radius 3 is 3.05 bits per heavy atom. The van der Waals surface area contributed by atoms with Gasteiger partial charge in [-0.15, -0.1) is 12.4 Å². The fourth-order valence-corrected chi connectivity index (χ4v) is 3.00. The number of rotatable bonds is 1. The molecule has 2 fully saturated rings. The fraction of sp³-hybridized carbons (Fsp3) is 0.692. The van der Waals surface area contributed by atoms with Gasteiger partial charge in [0.05, 0.1) is 0 Å². The molecule has 3 heterocycles. The third-order valence-corrected chi connectivity index (χ3v) is 3.97. The van der Waals surface area contributed by atoms with Crippen LogP contribution in [0.15, 0.2) is 10.7 Å². The van der Waals surface area contributed by atoms with Gasteiger partial charge in [0.25, 0.3) is 5.91 Å². The summed E-state index contributed by atoms with van der Waals surface area (Å²) in [4.78, 5) is 18.3. The maximum absolute atomic E-state index is 12.3. The summed E-state index contributed by atoms with van der Waals surface area (Å²) in [6.07, 6.45) is 5.20. The third kappa shape index (κ3) is 2.92. The molecule has 0 saturated carbocycles. The maximum atomic E-state index is 12.3. The van der Waals surface area contributed by atoms with Gasteiger partial charge in [-0.2, -0.15) is 0 Å². The molecule has 2 aliphatic heterocycles. The molecular formula is C13H20ClN3O2. The molecule has 0 bridgehead atoms. The van der Waals surface area contributed by atoms with E-state index in [1.54, 1.807) is 6.92 Å². The first-order chi connectivity index (χ1) is 8.74. The summed E-state index contributed by atoms with van der Waals surface area (Å²) in [5.74, 6) is 1.15. The Morgan fingerprint density at radius 2 is 2.32 bits per heavy atom. The molecule has 0 radical (unpaired) electrons. The maximum Gasteiger partial charge on any atom is 0.275 e. The van der Waals surface area contributed by atoms with E-state index in [0.717, 1.165) is 19.6 Å². The third-order valence-electron chi connectivity index (χ3n) is 3.97. The predicted octanol–water partition coefficient (Wildman–Crippen LogP) is 1.62. The summed E-state index contributed by atoms with van der Waals surface area (Å²) < 4.78 is 5.11. The number of hydrogen-bond acceptors (Lipinski definition) is 4. The standard InChI is InChI=1S/C13H19N3O2.ClH/c1-9-15-12(8-18-9)13(17)16-6-10-4-2-3-5-14-11(10)7-16;/h8,10-11,14H,2-7H2,1H3;1H/t10-,11+;/m0./s1. The van der Waals surface area contributed by atoms with Crippen molar-refractivity contribution in [1.29, 1.82) is 0 Å². The van der Waals surface area contributed by atoms with E-state index >= 15 is 0 Å². The lowest BCUT2D eigenvalue weighted by Gasteiger charge is -2.15. The largest absolute Gasteiger partial charge is 0.448 e. The number of likely N-dealkylation sites (tertiary alicyclic amines) is 1. The lowest BCUT2D eigenvalue weighted by atomic mass is 9.99. The lowest BCUT2D eigenvalue weighted by Crippen LogP contribution is -2.36. The number of fused-ring (bicyclic) bond motifs is 1. The topological polar surface area (TPSA) is 58.4 Å². The molecule has 1 aromatic rings. The van der Waals surface area contributed by atoms with Crippen LogP contribution in [-0.4, -0.2) is 41.5 Å². The second kappa shape index (κ2) is 5.92. The van der Waals surface area contributed by atoms with Gasteiger partial charge >= 0.3 is 0 Å². The highest BCUT2D eigenvalue weighted by molar-refractivity contribution is 5.92. The smallest absolute Gasteiger partial charge is 0.275 e. The molecule has 2 atom stereocenters. The van der Waals surface area contributed by atoms with E-state index in [9.17, 15) is 4.79 Å². The second-order valence-electron chi connectivity index (χ2n) is 5.28. The number of oxazole rings is 1. The molecule has 1 amide bonds. The molecule has 6 heteroatoms. The van der Waals surface area contributed by atoms with Crippen molar-refractivity contribution in [2.24, 2.45) is 5.92 Å². The van der Waals surface area contributed by atoms with E-state index in [1.165, 1.54) is 25.5 Å². The number of carbonyl (C=O) groups excluding carboxylic acids is 1. The van der Waals surface area contributed by atoms with Crippen molar-refractivity contribution in [3.63, 3.8) is 0 Å². The molecule has 0 unspecified atom stereocenters. The number of amides is 1. The summed E-state index contributed by atoms with van der Waals surface area (Å²) in [7, 11) is 0. The molecule has 106 valence electrons. The number of nitrogens with one attached hydrogen (secondary N) is 1. The highest BCUT2D eigenvalue weighted by Crippen LogP contribution is 2.25. The average molecular weight is 286 g/mol. The van der Waals surface area contributed by atoms with Gasteiger partial charge in [-0.1, -0.05) is 6.42 Å². The highest BCUT2D eigenvalue weighted by Gasteiger charge is 2.36. The highest BCUT2D eigenvalue weighted by atomic mass is 35.5. The van der Waals surface area contributed by atoms with Crippen LogP contribution in [0.3, 0.4) is 0 Å². The van der Waals surface area contributed by atoms with Gasteiger partial charge in [0.15, 0.2) is 11.6 Å². The van der Waals surface area contributed by atoms with Crippen LogP contribution in [-0.2, 0) is 0 Å². The van der Waals surface area contributed by atoms with Crippen molar-refractivity contribution in [2.75, 3.05) is 19.6 Å². The summed E-state index contributed by atoms with van der Waals surface area (Å²) in [5, 5.41) is 3.55. The molecule has 0 spiro atoms. The van der Waals surface area contributed by atoms with Crippen LogP contribution in [0.1, 0.15) is 35.6 Å². The molecule has 3 rings (SSSR count). The van der Waals surface area contributed by atoms with Crippen molar-refractivity contribution >= 4 is 18.3 Å². The van der Waals surface area contributed by atoms with Gasteiger partial charge in [-0.25, -0.2) is 4.98 Å². The van der Waals surface area contributed by atoms with Gasteiger partial charge in [0.1, 0.15) is 6.26 Å². The average Bonchev–Trinajstić information content (AvgIpc) is 2.90. The zero-order valence-corrected chi connectivity index (χ0v) is 11.9. The SMILES string of the molecule is Cc1nc(C(=O)N2C[C@@H]3CCCCN[C@@H]3C2)co1.Cl. The summed E-state index contributed by atoms with van der Waals surface area (Å²) in [5.41, 5.74) is 0.434. The van der Waals surface area contributed by atoms with Gasteiger partial charge < -0.3 is 14.6 Å². The number of aromatic nitrogens is 1. The van der Waals surface area contributed by atoms with E-state index in [0.29, 0.717) is 23.5 Å². The molecular weight excluding hydrogens is 266 g/mol. The Hall–Kier alpha value is -1.07. The number of nitrogens with zero attached hydrogens (tertiary/aromatic N) is 2. The molecule has 19 heavy (non-hydrogen) atoms. The number of aryl methyl sites for hydroxylation is 1. The molecule has 0 aromatic carbocycles. The van der Waals surface area contributed by atoms with Crippen molar-refractivity contribution in [1.82, 2.24) is 15.2 Å². The monoisotopic (exact) mass is 285 g/mol. The number of halogens is 1. The van der Waals surface area contributed by atoms with E-state index in [1.807, 2.05) is 4.90 Å². The minimum atomic E-state index is 0. The van der Waals surface area contributed by atoms with Crippen molar-refractivity contribution < 1.29 is 9.21 Å². The van der Waals surface area contributed by atoms with E-state index in [2.05, 4.69) is 10.3 Å². The minimum Gasteiger partial charge on any atom is -0.448 e. The first-order valence-corrected chi connectivity index (χ1v) is 6.69. The molecule has 2 aliphatic rings. The molecule has 1 aromatic heterocycles. The van der Waals surface area contributed by atoms with Crippen LogP contribution in [0.4, 0.5) is 0 Å². The van der Waals surface area contributed by atoms with E-state index in [-0.39, 0.29) is 18.3 Å². The Kier molecular flexibility index (Phi) is 4.47. The van der Waals surface area contributed by atoms with Crippen molar-refractivity contribution in [3.05, 3.63) is 17.8 Å². The Bertz CT molecular complexity index is 435. The van der Waals surface area contributed by atoms with E-state index < -0.39 is 0 Å². The fourth-order valence-electron chi connectivity index (χ4n) is 3.00. The molecule has 5 nitrogen and oxygen atoms in total. The Morgan fingerprint density at radius 1 is 1.47 bits per heavy atom. The van der Waals surface area contributed by atoms with Gasteiger partial charge in [0.2, 0.25) is 0 Å².